The molecule has 350 valence electrons. The molecule has 0 bridgehead atoms. The fraction of sp³-hybridized carbons (Fsp3) is 0.593. The lowest BCUT2D eigenvalue weighted by Crippen LogP contribution is -2.44. The van der Waals surface area contributed by atoms with Gasteiger partial charge in [-0.1, -0.05) is 180 Å². The molecule has 0 aliphatic heterocycles. The lowest BCUT2D eigenvalue weighted by atomic mass is 10.1. The van der Waals surface area contributed by atoms with Crippen molar-refractivity contribution in [3.05, 3.63) is 122 Å². The smallest absolute Gasteiger partial charge is 0.305 e. The average Bonchev–Trinajstić information content (AvgIpc) is 3.24. The summed E-state index contributed by atoms with van der Waals surface area (Å²) < 4.78 is 16.0. The number of nitrogens with zero attached hydrogens (tertiary/aromatic N) is 1. The molecule has 0 aromatic rings. The molecule has 2 atom stereocenters. The molecule has 1 N–H and O–H groups in total. The van der Waals surface area contributed by atoms with Gasteiger partial charge in [0.25, 0.3) is 0 Å². The molecule has 0 aromatic heterocycles. The molecule has 0 amide bonds. The molecule has 0 saturated heterocycles. The van der Waals surface area contributed by atoms with Gasteiger partial charge in [-0.25, -0.2) is 0 Å². The molecule has 0 aliphatic carbocycles. The predicted molar refractivity (Wildman–Crippen MR) is 259 cm³/mol. The lowest BCUT2D eigenvalue weighted by molar-refractivity contribution is -0.870. The highest BCUT2D eigenvalue weighted by atomic mass is 16.7. The third-order valence-electron chi connectivity index (χ3n) is 9.45. The summed E-state index contributed by atoms with van der Waals surface area (Å²) in [4.78, 5) is 23.2. The van der Waals surface area contributed by atoms with Crippen LogP contribution in [-0.4, -0.2) is 81.4 Å². The normalized spacial score (nSPS) is 14.1. The molecule has 8 nitrogen and oxygen atoms in total. The standard InChI is InChI=1S/C54H87NO7/c1-5-6-7-8-9-10-11-12-13-14-15-16-17-18-19-20-21-22-23-24-25-26-27-28-29-30-31-32-33-34-35-36-37-38-39-40-41-42-43-44-45-46-52(57)61-49-51(56)50-62-54(53(58)59)60-48-47-55(2,3)4/h6-7,9-10,12-13,15-16,18-19,21-22,24-25,27-28,30-31,33-34,51,54,56H,5,8,11,14,17,20,23,26,29,32,35-50H2,1-4H3/b7-6-,10-9-,13-12-,16-15-,19-18-,22-21-,25-24-,28-27-,31-30-,34-33-. The van der Waals surface area contributed by atoms with Crippen LogP contribution in [0.5, 0.6) is 0 Å². The van der Waals surface area contributed by atoms with Gasteiger partial charge in [0.1, 0.15) is 19.3 Å². The number of aliphatic hydroxyl groups is 1. The zero-order valence-electron chi connectivity index (χ0n) is 39.4. The number of ether oxygens (including phenoxy) is 3. The second-order valence-electron chi connectivity index (χ2n) is 16.5. The highest BCUT2D eigenvalue weighted by Crippen LogP contribution is 2.13. The number of allylic oxidation sites excluding steroid dienone is 20. The summed E-state index contributed by atoms with van der Waals surface area (Å²) in [6.45, 7) is 2.32. The number of carboxylic acids is 1. The molecular formula is C54H87NO7. The van der Waals surface area contributed by atoms with E-state index in [1.807, 2.05) is 21.1 Å². The summed E-state index contributed by atoms with van der Waals surface area (Å²) in [6.07, 6.45) is 65.2. The Labute approximate surface area is 378 Å². The van der Waals surface area contributed by atoms with Gasteiger partial charge in [0, 0.05) is 6.42 Å². The Bertz CT molecular complexity index is 1360. The minimum Gasteiger partial charge on any atom is -0.545 e. The van der Waals surface area contributed by atoms with Crippen molar-refractivity contribution >= 4 is 11.9 Å². The number of carboxylic acid groups (broad SMARTS) is 1. The van der Waals surface area contributed by atoms with E-state index in [1.165, 1.54) is 44.9 Å². The van der Waals surface area contributed by atoms with E-state index >= 15 is 0 Å². The topological polar surface area (TPSA) is 105 Å². The minimum atomic E-state index is -1.58. The first-order chi connectivity index (χ1) is 30.2. The van der Waals surface area contributed by atoms with E-state index in [4.69, 9.17) is 14.2 Å². The molecule has 0 radical (unpaired) electrons. The summed E-state index contributed by atoms with van der Waals surface area (Å²) in [5, 5.41) is 21.2. The largest absolute Gasteiger partial charge is 0.545 e. The van der Waals surface area contributed by atoms with Gasteiger partial charge in [-0.05, 0) is 83.5 Å². The number of unbranched alkanes of at least 4 members (excludes halogenated alkanes) is 10. The maximum Gasteiger partial charge on any atom is 0.305 e. The number of hydrogen-bond donors (Lipinski definition) is 1. The number of quaternary nitrogens is 1. The second kappa shape index (κ2) is 45.2. The van der Waals surface area contributed by atoms with Gasteiger partial charge >= 0.3 is 5.97 Å². The number of hydrogen-bond acceptors (Lipinski definition) is 7. The highest BCUT2D eigenvalue weighted by Gasteiger charge is 2.17. The van der Waals surface area contributed by atoms with Gasteiger partial charge in [-0.3, -0.25) is 4.79 Å². The summed E-state index contributed by atoms with van der Waals surface area (Å²) in [6, 6.07) is 0. The average molecular weight is 862 g/mol. The monoisotopic (exact) mass is 862 g/mol. The molecule has 62 heavy (non-hydrogen) atoms. The van der Waals surface area contributed by atoms with Crippen molar-refractivity contribution in [2.75, 3.05) is 47.5 Å². The minimum absolute atomic E-state index is 0.164. The van der Waals surface area contributed by atoms with Crippen molar-refractivity contribution in [1.29, 1.82) is 0 Å². The van der Waals surface area contributed by atoms with E-state index in [-0.39, 0.29) is 25.8 Å². The highest BCUT2D eigenvalue weighted by molar-refractivity contribution is 5.69. The van der Waals surface area contributed by atoms with Crippen LogP contribution in [0.15, 0.2) is 122 Å². The van der Waals surface area contributed by atoms with Crippen LogP contribution in [-0.2, 0) is 23.8 Å². The van der Waals surface area contributed by atoms with Gasteiger partial charge < -0.3 is 33.7 Å². The number of carbonyl (C=O) groups excluding carboxylic acids is 2. The zero-order chi connectivity index (χ0) is 45.5. The van der Waals surface area contributed by atoms with Gasteiger partial charge in [0.2, 0.25) is 0 Å². The van der Waals surface area contributed by atoms with Crippen LogP contribution in [0.25, 0.3) is 0 Å². The number of esters is 1. The Morgan fingerprint density at radius 1 is 0.500 bits per heavy atom. The second-order valence-corrected chi connectivity index (χ2v) is 16.5. The molecule has 0 fully saturated rings. The molecule has 0 heterocycles. The van der Waals surface area contributed by atoms with Gasteiger partial charge in [-0.2, -0.15) is 0 Å². The van der Waals surface area contributed by atoms with Crippen LogP contribution in [0.4, 0.5) is 0 Å². The van der Waals surface area contributed by atoms with Crippen LogP contribution in [0.3, 0.4) is 0 Å². The van der Waals surface area contributed by atoms with Crippen LogP contribution < -0.4 is 5.11 Å². The third-order valence-corrected chi connectivity index (χ3v) is 9.45. The van der Waals surface area contributed by atoms with Gasteiger partial charge in [0.15, 0.2) is 6.29 Å². The Hall–Kier alpha value is -3.82. The lowest BCUT2D eigenvalue weighted by Gasteiger charge is -2.26. The van der Waals surface area contributed by atoms with Crippen molar-refractivity contribution in [2.24, 2.45) is 0 Å². The molecule has 0 saturated carbocycles. The molecule has 2 unspecified atom stereocenters. The van der Waals surface area contributed by atoms with Crippen LogP contribution in [0.1, 0.15) is 148 Å². The number of carbonyl (C=O) groups is 2. The van der Waals surface area contributed by atoms with Crippen molar-refractivity contribution in [1.82, 2.24) is 0 Å². The fourth-order valence-corrected chi connectivity index (χ4v) is 5.80. The quantitative estimate of drug-likeness (QED) is 0.0214. The zero-order valence-corrected chi connectivity index (χ0v) is 39.4. The third kappa shape index (κ3) is 47.2. The van der Waals surface area contributed by atoms with Crippen molar-refractivity contribution in [3.63, 3.8) is 0 Å². The molecule has 0 rings (SSSR count). The molecular weight excluding hydrogens is 775 g/mol. The van der Waals surface area contributed by atoms with E-state index < -0.39 is 18.4 Å². The maximum atomic E-state index is 12.0. The first kappa shape index (κ1) is 58.2. The molecule has 0 spiro atoms. The molecule has 8 heteroatoms. The van der Waals surface area contributed by atoms with Crippen molar-refractivity contribution in [3.8, 4) is 0 Å². The maximum absolute atomic E-state index is 12.0. The Balaban J connectivity index is 3.60. The van der Waals surface area contributed by atoms with Crippen molar-refractivity contribution in [2.45, 2.75) is 161 Å². The van der Waals surface area contributed by atoms with E-state index in [0.29, 0.717) is 17.4 Å². The van der Waals surface area contributed by atoms with Crippen LogP contribution >= 0.6 is 0 Å². The first-order valence-corrected chi connectivity index (χ1v) is 23.7. The first-order valence-electron chi connectivity index (χ1n) is 23.7. The van der Waals surface area contributed by atoms with E-state index in [0.717, 1.165) is 89.9 Å². The number of aliphatic carboxylic acids is 1. The number of rotatable bonds is 42. The summed E-state index contributed by atoms with van der Waals surface area (Å²) in [5.74, 6) is -1.88. The Morgan fingerprint density at radius 2 is 0.855 bits per heavy atom. The van der Waals surface area contributed by atoms with Gasteiger partial charge in [-0.15, -0.1) is 0 Å². The van der Waals surface area contributed by atoms with E-state index in [1.54, 1.807) is 0 Å². The predicted octanol–water partition coefficient (Wildman–Crippen LogP) is 11.9. The van der Waals surface area contributed by atoms with E-state index in [2.05, 4.69) is 128 Å². The van der Waals surface area contributed by atoms with Crippen LogP contribution in [0.2, 0.25) is 0 Å². The Morgan fingerprint density at radius 3 is 1.23 bits per heavy atom. The van der Waals surface area contributed by atoms with Gasteiger partial charge in [0.05, 0.1) is 40.3 Å². The number of likely N-dealkylation sites (N-methyl/N-ethyl adjacent to an activating group) is 1. The number of aliphatic hydroxyl groups excluding tert-OH is 1. The summed E-state index contributed by atoms with van der Waals surface area (Å²) >= 11 is 0. The summed E-state index contributed by atoms with van der Waals surface area (Å²) in [5.41, 5.74) is 0. The van der Waals surface area contributed by atoms with Crippen molar-refractivity contribution < 1.29 is 38.5 Å². The molecule has 0 aromatic carbocycles. The fourth-order valence-electron chi connectivity index (χ4n) is 5.80. The van der Waals surface area contributed by atoms with Crippen LogP contribution in [0, 0.1) is 0 Å². The Kier molecular flexibility index (Phi) is 42.4. The summed E-state index contributed by atoms with van der Waals surface area (Å²) in [7, 11) is 5.86. The molecule has 0 aliphatic rings. The SMILES string of the molecule is CC/C=C\C/C=C\C/C=C\C/C=C\C/C=C\C/C=C\C/C=C\C/C=C\C/C=C\C/C=C\CCCCCCCCCCCCC(=O)OCC(O)COC(OCC[N+](C)(C)C)C(=O)[O-]. The van der Waals surface area contributed by atoms with E-state index in [9.17, 15) is 19.8 Å².